The summed E-state index contributed by atoms with van der Waals surface area (Å²) in [6, 6.07) is 1.97. The summed E-state index contributed by atoms with van der Waals surface area (Å²) in [5.41, 5.74) is 5.70. The van der Waals surface area contributed by atoms with Crippen LogP contribution in [0, 0.1) is 0 Å². The number of ketones is 1. The number of hydrogen-bond acceptors (Lipinski definition) is 4. The topological polar surface area (TPSA) is 85.2 Å². The molecule has 0 aliphatic heterocycles. The number of nitrogens with one attached hydrogen (secondary N) is 1. The van der Waals surface area contributed by atoms with Crippen LogP contribution < -0.4 is 5.73 Å². The van der Waals surface area contributed by atoms with Gasteiger partial charge in [0.25, 0.3) is 0 Å². The van der Waals surface area contributed by atoms with Gasteiger partial charge < -0.3 is 15.5 Å². The smallest absolute Gasteiger partial charge is 0.331 e. The fraction of sp³-hybridized carbons (Fsp3) is 0.333. The van der Waals surface area contributed by atoms with E-state index in [2.05, 4.69) is 9.72 Å². The predicted octanol–water partition coefficient (Wildman–Crippen LogP) is 0.0878. The second kappa shape index (κ2) is 4.57. The van der Waals surface area contributed by atoms with Gasteiger partial charge in [0, 0.05) is 6.20 Å². The minimum atomic E-state index is -1.24. The molecule has 0 saturated carbocycles. The standard InChI is InChI=1S/C9H12N2O3/c1-2-14-9(13)7(10)8(12)6-4-3-5-11-6/h3-5,7,11H,2,10H2,1H3. The molecule has 76 valence electrons. The van der Waals surface area contributed by atoms with Gasteiger partial charge in [-0.05, 0) is 19.1 Å². The summed E-state index contributed by atoms with van der Waals surface area (Å²) in [4.78, 5) is 25.2. The van der Waals surface area contributed by atoms with Crippen LogP contribution in [0.15, 0.2) is 18.3 Å². The predicted molar refractivity (Wildman–Crippen MR) is 49.7 cm³/mol. The first kappa shape index (κ1) is 10.5. The Balaban J connectivity index is 2.66. The van der Waals surface area contributed by atoms with E-state index in [9.17, 15) is 9.59 Å². The van der Waals surface area contributed by atoms with Crippen molar-refractivity contribution in [1.82, 2.24) is 4.98 Å². The van der Waals surface area contributed by atoms with E-state index in [1.54, 1.807) is 25.3 Å². The number of hydrogen-bond donors (Lipinski definition) is 2. The van der Waals surface area contributed by atoms with E-state index in [4.69, 9.17) is 5.73 Å². The zero-order chi connectivity index (χ0) is 10.6. The quantitative estimate of drug-likeness (QED) is 0.406. The van der Waals surface area contributed by atoms with E-state index >= 15 is 0 Å². The molecule has 0 amide bonds. The summed E-state index contributed by atoms with van der Waals surface area (Å²) in [5.74, 6) is -1.17. The summed E-state index contributed by atoms with van der Waals surface area (Å²) in [5, 5.41) is 0. The normalized spacial score (nSPS) is 12.1. The number of carbonyl (C=O) groups is 2. The van der Waals surface area contributed by atoms with Crippen LogP contribution in [0.2, 0.25) is 0 Å². The first-order valence-electron chi connectivity index (χ1n) is 4.26. The highest BCUT2D eigenvalue weighted by Gasteiger charge is 2.24. The summed E-state index contributed by atoms with van der Waals surface area (Å²) >= 11 is 0. The van der Waals surface area contributed by atoms with E-state index in [1.165, 1.54) is 0 Å². The number of H-pyrrole nitrogens is 1. The van der Waals surface area contributed by atoms with Crippen LogP contribution in [0.1, 0.15) is 17.4 Å². The van der Waals surface area contributed by atoms with Crippen molar-refractivity contribution < 1.29 is 14.3 Å². The number of rotatable bonds is 4. The van der Waals surface area contributed by atoms with Gasteiger partial charge in [0.15, 0.2) is 6.04 Å². The summed E-state index contributed by atoms with van der Waals surface area (Å²) in [7, 11) is 0. The maximum Gasteiger partial charge on any atom is 0.331 e. The first-order valence-corrected chi connectivity index (χ1v) is 4.26. The molecule has 1 aromatic heterocycles. The molecule has 0 bridgehead atoms. The molecule has 0 fully saturated rings. The van der Waals surface area contributed by atoms with Crippen molar-refractivity contribution in [2.75, 3.05) is 6.61 Å². The Morgan fingerprint density at radius 2 is 2.36 bits per heavy atom. The van der Waals surface area contributed by atoms with Crippen molar-refractivity contribution in [3.05, 3.63) is 24.0 Å². The molecule has 0 saturated heterocycles. The third-order valence-corrected chi connectivity index (χ3v) is 1.69. The molecule has 0 aliphatic carbocycles. The first-order chi connectivity index (χ1) is 6.66. The monoisotopic (exact) mass is 196 g/mol. The van der Waals surface area contributed by atoms with Gasteiger partial charge in [-0.15, -0.1) is 0 Å². The third-order valence-electron chi connectivity index (χ3n) is 1.69. The molecule has 1 atom stereocenters. The zero-order valence-electron chi connectivity index (χ0n) is 7.82. The van der Waals surface area contributed by atoms with Gasteiger partial charge in [0.2, 0.25) is 5.78 Å². The second-order valence-corrected chi connectivity index (χ2v) is 2.68. The molecule has 1 heterocycles. The van der Waals surface area contributed by atoms with Crippen LogP contribution in [0.5, 0.6) is 0 Å². The maximum absolute atomic E-state index is 11.5. The average molecular weight is 196 g/mol. The molecule has 1 unspecified atom stereocenters. The van der Waals surface area contributed by atoms with Crippen LogP contribution in [0.3, 0.4) is 0 Å². The van der Waals surface area contributed by atoms with Crippen molar-refractivity contribution in [2.45, 2.75) is 13.0 Å². The Morgan fingerprint density at radius 1 is 1.64 bits per heavy atom. The van der Waals surface area contributed by atoms with Gasteiger partial charge in [-0.25, -0.2) is 4.79 Å². The van der Waals surface area contributed by atoms with Gasteiger partial charge in [-0.3, -0.25) is 4.79 Å². The molecule has 14 heavy (non-hydrogen) atoms. The molecule has 0 aliphatic rings. The zero-order valence-corrected chi connectivity index (χ0v) is 7.82. The van der Waals surface area contributed by atoms with Crippen LogP contribution in [0.4, 0.5) is 0 Å². The maximum atomic E-state index is 11.5. The molecule has 1 rings (SSSR count). The molecule has 0 spiro atoms. The van der Waals surface area contributed by atoms with Gasteiger partial charge in [0.1, 0.15) is 0 Å². The molecule has 0 radical (unpaired) electrons. The van der Waals surface area contributed by atoms with Gasteiger partial charge in [0.05, 0.1) is 12.3 Å². The third kappa shape index (κ3) is 2.20. The summed E-state index contributed by atoms with van der Waals surface area (Å²) in [6.45, 7) is 1.87. The molecule has 3 N–H and O–H groups in total. The Labute approximate surface area is 81.2 Å². The lowest BCUT2D eigenvalue weighted by molar-refractivity contribution is -0.143. The van der Waals surface area contributed by atoms with Crippen molar-refractivity contribution in [3.63, 3.8) is 0 Å². The van der Waals surface area contributed by atoms with E-state index in [1.807, 2.05) is 0 Å². The van der Waals surface area contributed by atoms with Crippen LogP contribution >= 0.6 is 0 Å². The minimum absolute atomic E-state index is 0.213. The summed E-state index contributed by atoms with van der Waals surface area (Å²) < 4.78 is 4.62. The van der Waals surface area contributed by atoms with Crippen LogP contribution in [0.25, 0.3) is 0 Å². The fourth-order valence-corrected chi connectivity index (χ4v) is 0.990. The highest BCUT2D eigenvalue weighted by Crippen LogP contribution is 2.00. The minimum Gasteiger partial charge on any atom is -0.464 e. The Hall–Kier alpha value is -1.62. The SMILES string of the molecule is CCOC(=O)C(N)C(=O)c1ccc[nH]1. The molecule has 1 aromatic rings. The number of Topliss-reactive ketones (excluding diaryl/α,β-unsaturated/α-hetero) is 1. The Morgan fingerprint density at radius 3 is 2.86 bits per heavy atom. The largest absolute Gasteiger partial charge is 0.464 e. The lowest BCUT2D eigenvalue weighted by Crippen LogP contribution is -2.40. The molecule has 5 heteroatoms. The van der Waals surface area contributed by atoms with Gasteiger partial charge in [-0.1, -0.05) is 0 Å². The van der Waals surface area contributed by atoms with E-state index in [-0.39, 0.29) is 6.61 Å². The van der Waals surface area contributed by atoms with Gasteiger partial charge >= 0.3 is 5.97 Å². The van der Waals surface area contributed by atoms with E-state index in [0.717, 1.165) is 0 Å². The van der Waals surface area contributed by atoms with Crippen molar-refractivity contribution in [1.29, 1.82) is 0 Å². The fourth-order valence-electron chi connectivity index (χ4n) is 0.990. The van der Waals surface area contributed by atoms with Crippen molar-refractivity contribution in [3.8, 4) is 0 Å². The number of aromatic amines is 1. The highest BCUT2D eigenvalue weighted by atomic mass is 16.5. The number of aromatic nitrogens is 1. The lowest BCUT2D eigenvalue weighted by Gasteiger charge is -2.07. The molecular formula is C9H12N2O3. The highest BCUT2D eigenvalue weighted by molar-refractivity contribution is 6.10. The van der Waals surface area contributed by atoms with E-state index in [0.29, 0.717) is 5.69 Å². The lowest BCUT2D eigenvalue weighted by atomic mass is 10.1. The number of nitrogens with two attached hydrogens (primary N) is 1. The Bertz CT molecular complexity index is 319. The van der Waals surface area contributed by atoms with Crippen LogP contribution in [-0.4, -0.2) is 29.4 Å². The Kier molecular flexibility index (Phi) is 3.41. The molecule has 5 nitrogen and oxygen atoms in total. The van der Waals surface area contributed by atoms with Crippen molar-refractivity contribution >= 4 is 11.8 Å². The summed E-state index contributed by atoms with van der Waals surface area (Å²) in [6.07, 6.45) is 1.59. The number of esters is 1. The average Bonchev–Trinajstić information content (AvgIpc) is 2.68. The van der Waals surface area contributed by atoms with E-state index < -0.39 is 17.8 Å². The molecule has 0 aromatic carbocycles. The van der Waals surface area contributed by atoms with Crippen molar-refractivity contribution in [2.24, 2.45) is 5.73 Å². The second-order valence-electron chi connectivity index (χ2n) is 2.68. The number of carbonyl (C=O) groups excluding carboxylic acids is 2. The number of ether oxygens (including phenoxy) is 1. The van der Waals surface area contributed by atoms with Gasteiger partial charge in [-0.2, -0.15) is 0 Å². The van der Waals surface area contributed by atoms with Crippen LogP contribution in [-0.2, 0) is 9.53 Å². The molecular weight excluding hydrogens is 184 g/mol.